The van der Waals surface area contributed by atoms with E-state index in [0.717, 1.165) is 96.3 Å². The highest BCUT2D eigenvalue weighted by atomic mass is 31.2. The van der Waals surface area contributed by atoms with E-state index in [2.05, 4.69) is 27.7 Å². The number of hydrogen-bond donors (Lipinski definition) is 3. The summed E-state index contributed by atoms with van der Waals surface area (Å²) in [5.74, 6) is -2.15. The van der Waals surface area contributed by atoms with Gasteiger partial charge < -0.3 is 33.8 Å². The fourth-order valence-corrected chi connectivity index (χ4v) is 12.4. The third kappa shape index (κ3) is 64.8. The molecule has 0 saturated carbocycles. The molecule has 0 aromatic carbocycles. The summed E-state index contributed by atoms with van der Waals surface area (Å²) in [6, 6.07) is 0. The number of aliphatic hydroxyl groups is 1. The number of esters is 4. The van der Waals surface area contributed by atoms with Crippen LogP contribution in [0.15, 0.2) is 0 Å². The van der Waals surface area contributed by atoms with Crippen LogP contribution >= 0.6 is 15.6 Å². The molecule has 0 radical (unpaired) electrons. The maximum absolute atomic E-state index is 13.0. The van der Waals surface area contributed by atoms with Gasteiger partial charge in [-0.25, -0.2) is 9.13 Å². The van der Waals surface area contributed by atoms with Crippen molar-refractivity contribution < 1.29 is 80.2 Å². The third-order valence-corrected chi connectivity index (χ3v) is 18.5. The van der Waals surface area contributed by atoms with Gasteiger partial charge in [0.15, 0.2) is 12.2 Å². The predicted octanol–water partition coefficient (Wildman–Crippen LogP) is 20.7. The number of carbonyl (C=O) groups excluding carboxylic acids is 4. The van der Waals surface area contributed by atoms with Crippen LogP contribution in [-0.4, -0.2) is 96.7 Å². The summed E-state index contributed by atoms with van der Waals surface area (Å²) < 4.78 is 67.8. The number of carbonyl (C=O) groups is 4. The van der Waals surface area contributed by atoms with E-state index in [9.17, 15) is 43.2 Å². The molecular weight excluding hydrogens is 1190 g/mol. The number of hydrogen-bond acceptors (Lipinski definition) is 15. The SMILES string of the molecule is CCCCCCCCCCCCCCCCCCCCCCCC(=O)O[C@H](COC(=O)CCCCCCCCCCCCCCCCCCCCC)COP(=O)(O)OC[C@@H](O)COP(=O)(O)OC[C@@H](COC(=O)CCCCCCC)OC(=O)CCCCCCC. The van der Waals surface area contributed by atoms with Gasteiger partial charge in [0.1, 0.15) is 19.3 Å². The Hall–Kier alpha value is -1.94. The van der Waals surface area contributed by atoms with Crippen molar-refractivity contribution in [2.24, 2.45) is 0 Å². The normalized spacial score (nSPS) is 14.0. The zero-order valence-electron chi connectivity index (χ0n) is 58.1. The van der Waals surface area contributed by atoms with Crippen molar-refractivity contribution in [1.29, 1.82) is 0 Å². The maximum Gasteiger partial charge on any atom is 0.472 e. The highest BCUT2D eigenvalue weighted by Gasteiger charge is 2.30. The van der Waals surface area contributed by atoms with Crippen LogP contribution in [0.3, 0.4) is 0 Å². The minimum absolute atomic E-state index is 0.0993. The molecule has 0 spiro atoms. The van der Waals surface area contributed by atoms with Gasteiger partial charge in [0, 0.05) is 25.7 Å². The number of phosphoric ester groups is 2. The summed E-state index contributed by atoms with van der Waals surface area (Å²) in [5.41, 5.74) is 0. The Morgan fingerprint density at radius 2 is 0.444 bits per heavy atom. The molecule has 2 unspecified atom stereocenters. The number of phosphoric acid groups is 2. The number of ether oxygens (including phenoxy) is 4. The van der Waals surface area contributed by atoms with Crippen LogP contribution in [0.5, 0.6) is 0 Å². The van der Waals surface area contributed by atoms with E-state index in [0.29, 0.717) is 25.7 Å². The molecule has 0 saturated heterocycles. The quantitative estimate of drug-likeness (QED) is 0.0222. The van der Waals surface area contributed by atoms with Gasteiger partial charge in [0.05, 0.1) is 26.4 Å². The Morgan fingerprint density at radius 1 is 0.267 bits per heavy atom. The van der Waals surface area contributed by atoms with E-state index in [1.54, 1.807) is 0 Å². The second kappa shape index (κ2) is 65.7. The van der Waals surface area contributed by atoms with Crippen LogP contribution in [0.25, 0.3) is 0 Å². The average molecular weight is 1330 g/mol. The average Bonchev–Trinajstić information content (AvgIpc) is 3.29. The first-order valence-electron chi connectivity index (χ1n) is 37.3. The van der Waals surface area contributed by atoms with Gasteiger partial charge in [-0.15, -0.1) is 0 Å². The lowest BCUT2D eigenvalue weighted by Crippen LogP contribution is -2.30. The van der Waals surface area contributed by atoms with Gasteiger partial charge in [-0.1, -0.05) is 323 Å². The lowest BCUT2D eigenvalue weighted by Gasteiger charge is -2.21. The number of unbranched alkanes of at least 4 members (excludes halogenated alkanes) is 46. The van der Waals surface area contributed by atoms with Crippen molar-refractivity contribution >= 4 is 39.5 Å². The van der Waals surface area contributed by atoms with E-state index in [4.69, 9.17) is 37.0 Å². The van der Waals surface area contributed by atoms with Gasteiger partial charge in [0.2, 0.25) is 0 Å². The maximum atomic E-state index is 13.0. The van der Waals surface area contributed by atoms with Gasteiger partial charge >= 0.3 is 39.5 Å². The standard InChI is InChI=1S/C71H138O17P2/c1-5-9-13-17-19-21-23-25-27-29-31-32-34-36-38-40-42-44-46-50-54-58-71(76)88-67(62-82-69(74)56-52-49-45-43-41-39-37-35-33-30-28-26-24-22-20-18-14-10-6-2)64-86-90(79,80)84-60-65(72)59-83-89(77,78)85-63-66(87-70(75)57-53-48-16-12-8-4)61-81-68(73)55-51-47-15-11-7-3/h65-67,72H,5-64H2,1-4H3,(H,77,78)(H,79,80)/t65-,66+,67+/m0/s1. The molecule has 0 amide bonds. The highest BCUT2D eigenvalue weighted by molar-refractivity contribution is 7.47. The molecule has 0 rings (SSSR count). The molecule has 3 N–H and O–H groups in total. The van der Waals surface area contributed by atoms with E-state index in [1.807, 2.05) is 0 Å². The summed E-state index contributed by atoms with van der Waals surface area (Å²) >= 11 is 0. The third-order valence-electron chi connectivity index (χ3n) is 16.6. The van der Waals surface area contributed by atoms with Crippen LogP contribution < -0.4 is 0 Å². The van der Waals surface area contributed by atoms with E-state index in [-0.39, 0.29) is 25.7 Å². The van der Waals surface area contributed by atoms with E-state index < -0.39 is 97.5 Å². The largest absolute Gasteiger partial charge is 0.472 e. The van der Waals surface area contributed by atoms with Crippen LogP contribution in [0, 0.1) is 0 Å². The Labute approximate surface area is 549 Å². The zero-order chi connectivity index (χ0) is 66.1. The van der Waals surface area contributed by atoms with Crippen molar-refractivity contribution in [2.45, 2.75) is 393 Å². The topological polar surface area (TPSA) is 237 Å². The number of aliphatic hydroxyl groups excluding tert-OH is 1. The first-order valence-corrected chi connectivity index (χ1v) is 40.3. The molecule has 0 heterocycles. The molecule has 534 valence electrons. The second-order valence-corrected chi connectivity index (χ2v) is 28.5. The highest BCUT2D eigenvalue weighted by Crippen LogP contribution is 2.45. The van der Waals surface area contributed by atoms with Crippen molar-refractivity contribution in [3.05, 3.63) is 0 Å². The first-order chi connectivity index (χ1) is 43.7. The Kier molecular flexibility index (Phi) is 64.3. The zero-order valence-corrected chi connectivity index (χ0v) is 59.9. The lowest BCUT2D eigenvalue weighted by molar-refractivity contribution is -0.161. The molecule has 0 fully saturated rings. The number of rotatable bonds is 72. The van der Waals surface area contributed by atoms with Crippen molar-refractivity contribution in [1.82, 2.24) is 0 Å². The molecule has 17 nitrogen and oxygen atoms in total. The van der Waals surface area contributed by atoms with Gasteiger partial charge in [0.25, 0.3) is 0 Å². The summed E-state index contributed by atoms with van der Waals surface area (Å²) in [5, 5.41) is 10.5. The fraction of sp³-hybridized carbons (Fsp3) is 0.944. The molecular formula is C71H138O17P2. The van der Waals surface area contributed by atoms with Crippen molar-refractivity contribution in [3.63, 3.8) is 0 Å². The molecule has 19 heteroatoms. The van der Waals surface area contributed by atoms with Gasteiger partial charge in [-0.05, 0) is 25.7 Å². The summed E-state index contributed by atoms with van der Waals surface area (Å²) in [6.45, 7) is 4.75. The molecule has 0 aromatic rings. The molecule has 0 aromatic heterocycles. The molecule has 0 aliphatic rings. The lowest BCUT2D eigenvalue weighted by atomic mass is 10.0. The molecule has 0 aliphatic heterocycles. The van der Waals surface area contributed by atoms with Crippen LogP contribution in [-0.2, 0) is 65.4 Å². The smallest absolute Gasteiger partial charge is 0.462 e. The molecule has 5 atom stereocenters. The van der Waals surface area contributed by atoms with E-state index in [1.165, 1.54) is 199 Å². The van der Waals surface area contributed by atoms with E-state index >= 15 is 0 Å². The Balaban J connectivity index is 5.02. The minimum Gasteiger partial charge on any atom is -0.462 e. The van der Waals surface area contributed by atoms with Crippen LogP contribution in [0.4, 0.5) is 0 Å². The van der Waals surface area contributed by atoms with Crippen LogP contribution in [0.1, 0.15) is 374 Å². The second-order valence-electron chi connectivity index (χ2n) is 25.6. The van der Waals surface area contributed by atoms with Gasteiger partial charge in [-0.3, -0.25) is 37.3 Å². The minimum atomic E-state index is -4.95. The summed E-state index contributed by atoms with van der Waals surface area (Å²) in [4.78, 5) is 71.9. The fourth-order valence-electron chi connectivity index (χ4n) is 10.9. The van der Waals surface area contributed by atoms with Crippen molar-refractivity contribution in [3.8, 4) is 0 Å². The Bertz CT molecular complexity index is 1720. The molecule has 0 aliphatic carbocycles. The summed E-state index contributed by atoms with van der Waals surface area (Å²) in [6.07, 6.45) is 55.3. The monoisotopic (exact) mass is 1320 g/mol. The molecule has 90 heavy (non-hydrogen) atoms. The van der Waals surface area contributed by atoms with Crippen molar-refractivity contribution in [2.75, 3.05) is 39.6 Å². The van der Waals surface area contributed by atoms with Crippen LogP contribution in [0.2, 0.25) is 0 Å². The molecule has 0 bridgehead atoms. The first kappa shape index (κ1) is 88.1. The summed E-state index contributed by atoms with van der Waals surface area (Å²) in [7, 11) is -9.88. The predicted molar refractivity (Wildman–Crippen MR) is 363 cm³/mol. The Morgan fingerprint density at radius 3 is 0.656 bits per heavy atom. The van der Waals surface area contributed by atoms with Gasteiger partial charge in [-0.2, -0.15) is 0 Å².